The van der Waals surface area contributed by atoms with E-state index in [0.29, 0.717) is 0 Å². The number of allylic oxidation sites excluding steroid dienone is 2. The quantitative estimate of drug-likeness (QED) is 0.631. The van der Waals surface area contributed by atoms with Gasteiger partial charge in [0.15, 0.2) is 0 Å². The Bertz CT molecular complexity index is 689. The maximum atomic E-state index is 2.43. The zero-order valence-electron chi connectivity index (χ0n) is 12.1. The molecule has 0 bridgehead atoms. The van der Waals surface area contributed by atoms with Crippen molar-refractivity contribution in [3.8, 4) is 11.1 Å². The third-order valence-corrected chi connectivity index (χ3v) is 4.81. The van der Waals surface area contributed by atoms with Crippen molar-refractivity contribution in [3.63, 3.8) is 0 Å². The lowest BCUT2D eigenvalue weighted by Gasteiger charge is -2.16. The predicted octanol–water partition coefficient (Wildman–Crippen LogP) is 5.55. The molecule has 100 valence electrons. The summed E-state index contributed by atoms with van der Waals surface area (Å²) in [5.74, 6) is 0. The molecular weight excluding hydrogens is 240 g/mol. The fourth-order valence-electron chi connectivity index (χ4n) is 3.92. The molecule has 2 aromatic rings. The van der Waals surface area contributed by atoms with E-state index in [2.05, 4.69) is 49.4 Å². The summed E-state index contributed by atoms with van der Waals surface area (Å²) < 4.78 is 0. The summed E-state index contributed by atoms with van der Waals surface area (Å²) in [6.07, 6.45) is 6.58. The normalized spacial score (nSPS) is 17.1. The van der Waals surface area contributed by atoms with Crippen LogP contribution in [0.15, 0.2) is 48.0 Å². The van der Waals surface area contributed by atoms with Gasteiger partial charge in [0, 0.05) is 0 Å². The minimum absolute atomic E-state index is 1.20. The van der Waals surface area contributed by atoms with Crippen molar-refractivity contribution in [1.29, 1.82) is 0 Å². The molecule has 0 N–H and O–H groups in total. The molecule has 2 aromatic carbocycles. The fraction of sp³-hybridized carbons (Fsp3) is 0.300. The number of aryl methyl sites for hydroxylation is 1. The number of hydrogen-bond donors (Lipinski definition) is 0. The van der Waals surface area contributed by atoms with Gasteiger partial charge in [-0.15, -0.1) is 0 Å². The number of hydrogen-bond acceptors (Lipinski definition) is 0. The Morgan fingerprint density at radius 1 is 0.850 bits per heavy atom. The van der Waals surface area contributed by atoms with E-state index in [-0.39, 0.29) is 0 Å². The highest BCUT2D eigenvalue weighted by molar-refractivity contribution is 5.82. The van der Waals surface area contributed by atoms with Crippen molar-refractivity contribution < 1.29 is 0 Å². The molecule has 0 amide bonds. The molecular formula is C20H20. The highest BCUT2D eigenvalue weighted by Gasteiger charge is 2.25. The average molecular weight is 260 g/mol. The topological polar surface area (TPSA) is 0 Å². The van der Waals surface area contributed by atoms with Crippen LogP contribution in [0.4, 0.5) is 0 Å². The van der Waals surface area contributed by atoms with Crippen molar-refractivity contribution in [2.24, 2.45) is 0 Å². The molecule has 0 saturated carbocycles. The van der Waals surface area contributed by atoms with Crippen molar-refractivity contribution in [2.45, 2.75) is 39.0 Å². The third kappa shape index (κ3) is 1.83. The standard InChI is InChI=1S/C20H20/c1-14-11-17(15-7-3-2-4-8-15)13-18-12-16-9-5-6-10-19(16)20(14)18/h2-4,7-8,11,13H,5-6,9-10,12H2,1H3. The maximum absolute atomic E-state index is 2.43. The highest BCUT2D eigenvalue weighted by atomic mass is 14.3. The minimum atomic E-state index is 1.20. The summed E-state index contributed by atoms with van der Waals surface area (Å²) in [4.78, 5) is 0. The molecule has 0 aliphatic heterocycles. The summed E-state index contributed by atoms with van der Waals surface area (Å²) in [5, 5.41) is 0. The molecule has 0 heterocycles. The first-order valence-electron chi connectivity index (χ1n) is 7.73. The minimum Gasteiger partial charge on any atom is -0.0622 e. The van der Waals surface area contributed by atoms with Gasteiger partial charge in [-0.25, -0.2) is 0 Å². The van der Waals surface area contributed by atoms with Gasteiger partial charge in [-0.2, -0.15) is 0 Å². The molecule has 20 heavy (non-hydrogen) atoms. The van der Waals surface area contributed by atoms with Crippen LogP contribution in [-0.2, 0) is 6.42 Å². The zero-order chi connectivity index (χ0) is 13.5. The second-order valence-electron chi connectivity index (χ2n) is 6.16. The summed E-state index contributed by atoms with van der Waals surface area (Å²) in [5.41, 5.74) is 10.7. The van der Waals surface area contributed by atoms with Gasteiger partial charge >= 0.3 is 0 Å². The molecule has 0 aromatic heterocycles. The Balaban J connectivity index is 1.83. The Morgan fingerprint density at radius 2 is 1.65 bits per heavy atom. The van der Waals surface area contributed by atoms with Gasteiger partial charge in [0.25, 0.3) is 0 Å². The maximum Gasteiger partial charge on any atom is -0.00547 e. The van der Waals surface area contributed by atoms with Crippen molar-refractivity contribution >= 4 is 5.57 Å². The SMILES string of the molecule is Cc1cc(-c2ccccc2)cc2c1C1=C(CCCC1)C2. The molecule has 0 heteroatoms. The van der Waals surface area contributed by atoms with Crippen LogP contribution < -0.4 is 0 Å². The first-order chi connectivity index (χ1) is 9.83. The molecule has 0 radical (unpaired) electrons. The predicted molar refractivity (Wildman–Crippen MR) is 85.7 cm³/mol. The van der Waals surface area contributed by atoms with Gasteiger partial charge in [0.05, 0.1) is 0 Å². The van der Waals surface area contributed by atoms with E-state index in [0.717, 1.165) is 0 Å². The molecule has 2 aliphatic carbocycles. The second-order valence-corrected chi connectivity index (χ2v) is 6.16. The first-order valence-corrected chi connectivity index (χ1v) is 7.73. The van der Waals surface area contributed by atoms with Gasteiger partial charge in [-0.05, 0) is 72.4 Å². The lowest BCUT2D eigenvalue weighted by molar-refractivity contribution is 0.711. The second kappa shape index (κ2) is 4.63. The van der Waals surface area contributed by atoms with Gasteiger partial charge < -0.3 is 0 Å². The smallest absolute Gasteiger partial charge is 0.00547 e. The largest absolute Gasteiger partial charge is 0.0622 e. The van der Waals surface area contributed by atoms with E-state index in [1.54, 1.807) is 22.3 Å². The first kappa shape index (κ1) is 12.0. The van der Waals surface area contributed by atoms with Gasteiger partial charge in [0.2, 0.25) is 0 Å². The average Bonchev–Trinajstić information content (AvgIpc) is 2.87. The third-order valence-electron chi connectivity index (χ3n) is 4.81. The summed E-state index contributed by atoms with van der Waals surface area (Å²) in [6.45, 7) is 2.29. The fourth-order valence-corrected chi connectivity index (χ4v) is 3.92. The van der Waals surface area contributed by atoms with E-state index in [4.69, 9.17) is 0 Å². The van der Waals surface area contributed by atoms with Crippen LogP contribution in [0.2, 0.25) is 0 Å². The Hall–Kier alpha value is -1.82. The molecule has 0 spiro atoms. The highest BCUT2D eigenvalue weighted by Crippen LogP contribution is 2.44. The number of benzene rings is 2. The van der Waals surface area contributed by atoms with E-state index in [1.165, 1.54) is 48.8 Å². The molecule has 2 aliphatic rings. The molecule has 0 fully saturated rings. The number of fused-ring (bicyclic) bond motifs is 2. The van der Waals surface area contributed by atoms with Crippen molar-refractivity contribution in [3.05, 3.63) is 64.7 Å². The van der Waals surface area contributed by atoms with E-state index >= 15 is 0 Å². The summed E-state index contributed by atoms with van der Waals surface area (Å²) >= 11 is 0. The van der Waals surface area contributed by atoms with Crippen molar-refractivity contribution in [1.82, 2.24) is 0 Å². The Labute approximate surface area is 121 Å². The van der Waals surface area contributed by atoms with Crippen LogP contribution in [0.5, 0.6) is 0 Å². The summed E-state index contributed by atoms with van der Waals surface area (Å²) in [7, 11) is 0. The van der Waals surface area contributed by atoms with E-state index < -0.39 is 0 Å². The number of rotatable bonds is 1. The van der Waals surface area contributed by atoms with Crippen LogP contribution in [-0.4, -0.2) is 0 Å². The molecule has 0 atom stereocenters. The summed E-state index contributed by atoms with van der Waals surface area (Å²) in [6, 6.07) is 15.6. The van der Waals surface area contributed by atoms with Crippen LogP contribution in [0.3, 0.4) is 0 Å². The lowest BCUT2D eigenvalue weighted by Crippen LogP contribution is -1.95. The Kier molecular flexibility index (Phi) is 2.77. The van der Waals surface area contributed by atoms with Crippen LogP contribution in [0.1, 0.15) is 42.4 Å². The lowest BCUT2D eigenvalue weighted by atomic mass is 9.89. The molecule has 4 rings (SSSR count). The van der Waals surface area contributed by atoms with Crippen molar-refractivity contribution in [2.75, 3.05) is 0 Å². The van der Waals surface area contributed by atoms with Gasteiger partial charge in [-0.1, -0.05) is 48.0 Å². The molecule has 0 nitrogen and oxygen atoms in total. The monoisotopic (exact) mass is 260 g/mol. The van der Waals surface area contributed by atoms with Gasteiger partial charge in [0.1, 0.15) is 0 Å². The van der Waals surface area contributed by atoms with Crippen LogP contribution in [0, 0.1) is 6.92 Å². The van der Waals surface area contributed by atoms with E-state index in [9.17, 15) is 0 Å². The van der Waals surface area contributed by atoms with Crippen LogP contribution >= 0.6 is 0 Å². The Morgan fingerprint density at radius 3 is 2.50 bits per heavy atom. The van der Waals surface area contributed by atoms with E-state index in [1.807, 2.05) is 0 Å². The molecule has 0 saturated heterocycles. The zero-order valence-corrected chi connectivity index (χ0v) is 12.1. The molecule has 0 unspecified atom stereocenters. The van der Waals surface area contributed by atoms with Crippen LogP contribution in [0.25, 0.3) is 16.7 Å². The van der Waals surface area contributed by atoms with Gasteiger partial charge in [-0.3, -0.25) is 0 Å².